The quantitative estimate of drug-likeness (QED) is 0.818. The number of hydrogen-bond donors (Lipinski definition) is 0. The number of hydrogen-bond acceptors (Lipinski definition) is 4. The number of nitrogens with zero attached hydrogens (tertiary/aromatic N) is 3. The van der Waals surface area contributed by atoms with Crippen LogP contribution in [0.25, 0.3) is 0 Å². The summed E-state index contributed by atoms with van der Waals surface area (Å²) in [7, 11) is 0. The number of ether oxygens (including phenoxy) is 1. The Morgan fingerprint density at radius 2 is 2.00 bits per heavy atom. The van der Waals surface area contributed by atoms with Crippen LogP contribution in [0.4, 0.5) is 10.6 Å². The van der Waals surface area contributed by atoms with Crippen LogP contribution in [0.2, 0.25) is 5.02 Å². The van der Waals surface area contributed by atoms with Gasteiger partial charge in [-0.05, 0) is 36.5 Å². The molecule has 5 nitrogen and oxygen atoms in total. The van der Waals surface area contributed by atoms with E-state index in [1.54, 1.807) is 6.20 Å². The summed E-state index contributed by atoms with van der Waals surface area (Å²) >= 11 is 5.94. The van der Waals surface area contributed by atoms with Gasteiger partial charge >= 0.3 is 6.09 Å². The first kappa shape index (κ1) is 17.2. The van der Waals surface area contributed by atoms with E-state index >= 15 is 0 Å². The number of likely N-dealkylation sites (tertiary alicyclic amines) is 1. The Hall–Kier alpha value is -2.27. The minimum Gasteiger partial charge on any atom is -0.445 e. The van der Waals surface area contributed by atoms with Crippen molar-refractivity contribution in [1.29, 1.82) is 0 Å². The van der Waals surface area contributed by atoms with Crippen molar-refractivity contribution in [2.75, 3.05) is 24.5 Å². The molecule has 0 saturated carbocycles. The molecule has 2 aliphatic rings. The fraction of sp³-hybridized carbons (Fsp3) is 0.400. The number of benzene rings is 1. The number of halogens is 1. The molecule has 6 heteroatoms. The number of carbonyl (C=O) groups excluding carboxylic acids is 1. The largest absolute Gasteiger partial charge is 0.445 e. The van der Waals surface area contributed by atoms with Crippen LogP contribution < -0.4 is 4.90 Å². The first-order chi connectivity index (χ1) is 12.7. The molecule has 3 heterocycles. The number of amides is 1. The van der Waals surface area contributed by atoms with E-state index in [0.29, 0.717) is 23.6 Å². The summed E-state index contributed by atoms with van der Waals surface area (Å²) in [6.45, 7) is 2.77. The van der Waals surface area contributed by atoms with Gasteiger partial charge in [-0.15, -0.1) is 0 Å². The molecule has 0 spiro atoms. The number of pyridine rings is 1. The average molecular weight is 372 g/mol. The maximum Gasteiger partial charge on any atom is 0.410 e. The molecule has 0 unspecified atom stereocenters. The van der Waals surface area contributed by atoms with Crippen molar-refractivity contribution in [3.8, 4) is 0 Å². The first-order valence-corrected chi connectivity index (χ1v) is 9.42. The molecule has 136 valence electrons. The Bertz CT molecular complexity index is 753. The Kier molecular flexibility index (Phi) is 4.98. The van der Waals surface area contributed by atoms with Gasteiger partial charge in [0.2, 0.25) is 0 Å². The number of aromatic nitrogens is 1. The van der Waals surface area contributed by atoms with E-state index in [1.807, 2.05) is 47.4 Å². The third kappa shape index (κ3) is 3.63. The lowest BCUT2D eigenvalue weighted by Crippen LogP contribution is -2.48. The highest BCUT2D eigenvalue weighted by Gasteiger charge is 2.40. The third-order valence-corrected chi connectivity index (χ3v) is 5.53. The lowest BCUT2D eigenvalue weighted by atomic mass is 9.93. The highest BCUT2D eigenvalue weighted by molar-refractivity contribution is 6.30. The molecule has 26 heavy (non-hydrogen) atoms. The maximum atomic E-state index is 12.4. The highest BCUT2D eigenvalue weighted by atomic mass is 35.5. The SMILES string of the molecule is O=C(OCc1ccccc1)N1CC[C@@H]2[C@@H](CCN2c2ccc(Cl)cn2)C1. The van der Waals surface area contributed by atoms with E-state index in [-0.39, 0.29) is 6.09 Å². The molecular weight excluding hydrogens is 350 g/mol. The van der Waals surface area contributed by atoms with Gasteiger partial charge in [0.25, 0.3) is 0 Å². The van der Waals surface area contributed by atoms with Crippen LogP contribution >= 0.6 is 11.6 Å². The molecule has 1 aromatic heterocycles. The summed E-state index contributed by atoms with van der Waals surface area (Å²) in [5.74, 6) is 1.44. The third-order valence-electron chi connectivity index (χ3n) is 5.30. The van der Waals surface area contributed by atoms with Gasteiger partial charge in [0.15, 0.2) is 0 Å². The van der Waals surface area contributed by atoms with Gasteiger partial charge in [0, 0.05) is 31.9 Å². The number of anilines is 1. The Labute approximate surface area is 158 Å². The summed E-state index contributed by atoms with van der Waals surface area (Å²) in [6.07, 6.45) is 3.49. The zero-order valence-corrected chi connectivity index (χ0v) is 15.3. The minimum absolute atomic E-state index is 0.213. The second-order valence-corrected chi connectivity index (χ2v) is 7.36. The Morgan fingerprint density at radius 1 is 1.15 bits per heavy atom. The Morgan fingerprint density at radius 3 is 2.77 bits per heavy atom. The van der Waals surface area contributed by atoms with Gasteiger partial charge in [-0.3, -0.25) is 0 Å². The molecule has 0 N–H and O–H groups in total. The number of piperidine rings is 1. The van der Waals surface area contributed by atoms with E-state index in [9.17, 15) is 4.79 Å². The van der Waals surface area contributed by atoms with Crippen LogP contribution in [0.1, 0.15) is 18.4 Å². The average Bonchev–Trinajstić information content (AvgIpc) is 3.11. The van der Waals surface area contributed by atoms with Crippen LogP contribution in [0, 0.1) is 5.92 Å². The van der Waals surface area contributed by atoms with E-state index in [0.717, 1.165) is 43.9 Å². The second-order valence-electron chi connectivity index (χ2n) is 6.92. The minimum atomic E-state index is -0.213. The molecule has 4 rings (SSSR count). The molecule has 2 fully saturated rings. The zero-order valence-electron chi connectivity index (χ0n) is 14.6. The standard InChI is InChI=1S/C20H22ClN3O2/c21-17-6-7-19(22-12-17)24-11-8-16-13-23(10-9-18(16)24)20(25)26-14-15-4-2-1-3-5-15/h1-7,12,16,18H,8-11,13-14H2/t16-,18+/m0/s1. The van der Waals surface area contributed by atoms with Gasteiger partial charge in [-0.2, -0.15) is 0 Å². The van der Waals surface area contributed by atoms with Crippen LogP contribution in [0.3, 0.4) is 0 Å². The highest BCUT2D eigenvalue weighted by Crippen LogP contribution is 2.34. The van der Waals surface area contributed by atoms with Crippen LogP contribution in [0.15, 0.2) is 48.7 Å². The van der Waals surface area contributed by atoms with E-state index < -0.39 is 0 Å². The molecule has 2 atom stereocenters. The summed E-state index contributed by atoms with van der Waals surface area (Å²) in [5.41, 5.74) is 1.01. The van der Waals surface area contributed by atoms with Crippen LogP contribution in [0.5, 0.6) is 0 Å². The zero-order chi connectivity index (χ0) is 17.9. The normalized spacial score (nSPS) is 22.2. The topological polar surface area (TPSA) is 45.7 Å². The number of rotatable bonds is 3. The summed E-state index contributed by atoms with van der Waals surface area (Å²) in [6, 6.07) is 14.1. The number of carbonyl (C=O) groups is 1. The van der Waals surface area contributed by atoms with Gasteiger partial charge in [-0.25, -0.2) is 9.78 Å². The van der Waals surface area contributed by atoms with E-state index in [4.69, 9.17) is 16.3 Å². The van der Waals surface area contributed by atoms with Crippen molar-refractivity contribution in [2.24, 2.45) is 5.92 Å². The second kappa shape index (κ2) is 7.54. The van der Waals surface area contributed by atoms with Crippen molar-refractivity contribution in [3.05, 3.63) is 59.2 Å². The van der Waals surface area contributed by atoms with Crippen LogP contribution in [-0.2, 0) is 11.3 Å². The molecule has 0 bridgehead atoms. The van der Waals surface area contributed by atoms with Gasteiger partial charge in [0.05, 0.1) is 5.02 Å². The van der Waals surface area contributed by atoms with Gasteiger partial charge < -0.3 is 14.5 Å². The molecule has 2 aliphatic heterocycles. The predicted molar refractivity (Wildman–Crippen MR) is 101 cm³/mol. The summed E-state index contributed by atoms with van der Waals surface area (Å²) < 4.78 is 5.49. The van der Waals surface area contributed by atoms with Crippen molar-refractivity contribution in [3.63, 3.8) is 0 Å². The monoisotopic (exact) mass is 371 g/mol. The van der Waals surface area contributed by atoms with Crippen molar-refractivity contribution in [2.45, 2.75) is 25.5 Å². The fourth-order valence-corrected chi connectivity index (χ4v) is 4.10. The van der Waals surface area contributed by atoms with Crippen molar-refractivity contribution >= 4 is 23.5 Å². The summed E-state index contributed by atoms with van der Waals surface area (Å²) in [5, 5.41) is 0.653. The van der Waals surface area contributed by atoms with E-state index in [1.165, 1.54) is 0 Å². The van der Waals surface area contributed by atoms with Crippen LogP contribution in [-0.4, -0.2) is 41.7 Å². The lowest BCUT2D eigenvalue weighted by molar-refractivity contribution is 0.0780. The van der Waals surface area contributed by atoms with Gasteiger partial charge in [-0.1, -0.05) is 41.9 Å². The smallest absolute Gasteiger partial charge is 0.410 e. The van der Waals surface area contributed by atoms with E-state index in [2.05, 4.69) is 9.88 Å². The Balaban J connectivity index is 1.34. The maximum absolute atomic E-state index is 12.4. The van der Waals surface area contributed by atoms with Gasteiger partial charge in [0.1, 0.15) is 12.4 Å². The number of fused-ring (bicyclic) bond motifs is 1. The molecule has 2 aromatic rings. The first-order valence-electron chi connectivity index (χ1n) is 9.04. The van der Waals surface area contributed by atoms with Crippen molar-refractivity contribution in [1.82, 2.24) is 9.88 Å². The molecular formula is C20H22ClN3O2. The molecule has 0 radical (unpaired) electrons. The molecule has 1 amide bonds. The summed E-state index contributed by atoms with van der Waals surface area (Å²) in [4.78, 5) is 21.1. The fourth-order valence-electron chi connectivity index (χ4n) is 3.98. The predicted octanol–water partition coefficient (Wildman–Crippen LogP) is 3.97. The molecule has 0 aliphatic carbocycles. The molecule has 1 aromatic carbocycles. The lowest BCUT2D eigenvalue weighted by Gasteiger charge is -2.37. The molecule has 2 saturated heterocycles. The van der Waals surface area contributed by atoms with Crippen molar-refractivity contribution < 1.29 is 9.53 Å².